The lowest BCUT2D eigenvalue weighted by Gasteiger charge is -2.18. The first kappa shape index (κ1) is 10.9. The summed E-state index contributed by atoms with van der Waals surface area (Å²) in [5.41, 5.74) is 0. The predicted octanol–water partition coefficient (Wildman–Crippen LogP) is 2.02. The minimum absolute atomic E-state index is 0.525. The van der Waals surface area contributed by atoms with E-state index in [4.69, 9.17) is 4.74 Å². The van der Waals surface area contributed by atoms with Gasteiger partial charge in [0.25, 0.3) is 0 Å². The lowest BCUT2D eigenvalue weighted by Crippen LogP contribution is -2.18. The molecule has 2 atom stereocenters. The molecule has 1 N–H and O–H groups in total. The summed E-state index contributed by atoms with van der Waals surface area (Å²) in [5, 5.41) is 9.25. The van der Waals surface area contributed by atoms with Gasteiger partial charge in [0.1, 0.15) is 0 Å². The van der Waals surface area contributed by atoms with E-state index < -0.39 is 6.29 Å². The van der Waals surface area contributed by atoms with Crippen molar-refractivity contribution in [1.29, 1.82) is 0 Å². The lowest BCUT2D eigenvalue weighted by atomic mass is 9.95. The third kappa shape index (κ3) is 5.22. The SMILES string of the molecule is CCOC(O)CC(C)C(C)C. The van der Waals surface area contributed by atoms with Crippen LogP contribution in [0, 0.1) is 11.8 Å². The predicted molar refractivity (Wildman–Crippen MR) is 46.3 cm³/mol. The Morgan fingerprint density at radius 1 is 1.27 bits per heavy atom. The fourth-order valence-electron chi connectivity index (χ4n) is 0.851. The second-order valence-corrected chi connectivity index (χ2v) is 3.37. The van der Waals surface area contributed by atoms with Gasteiger partial charge >= 0.3 is 0 Å². The van der Waals surface area contributed by atoms with Crippen molar-refractivity contribution in [3.05, 3.63) is 0 Å². The average molecular weight is 160 g/mol. The van der Waals surface area contributed by atoms with Crippen LogP contribution in [0.1, 0.15) is 34.1 Å². The maximum absolute atomic E-state index is 9.25. The fourth-order valence-corrected chi connectivity index (χ4v) is 0.851. The van der Waals surface area contributed by atoms with Gasteiger partial charge < -0.3 is 9.84 Å². The molecule has 0 saturated carbocycles. The first-order valence-electron chi connectivity index (χ1n) is 4.37. The minimum atomic E-state index is -0.572. The largest absolute Gasteiger partial charge is 0.368 e. The van der Waals surface area contributed by atoms with Crippen LogP contribution in [0.4, 0.5) is 0 Å². The Kier molecular flexibility index (Phi) is 5.51. The van der Waals surface area contributed by atoms with Crippen LogP contribution in [0.3, 0.4) is 0 Å². The van der Waals surface area contributed by atoms with Crippen LogP contribution in [0.25, 0.3) is 0 Å². The molecule has 2 heteroatoms. The molecule has 0 aliphatic carbocycles. The molecule has 0 heterocycles. The van der Waals surface area contributed by atoms with Crippen LogP contribution in [0.15, 0.2) is 0 Å². The maximum Gasteiger partial charge on any atom is 0.154 e. The molecule has 0 spiro atoms. The molecular formula is C9H20O2. The zero-order chi connectivity index (χ0) is 8.85. The van der Waals surface area contributed by atoms with Crippen molar-refractivity contribution in [2.24, 2.45) is 11.8 Å². The van der Waals surface area contributed by atoms with Crippen LogP contribution in [0.5, 0.6) is 0 Å². The van der Waals surface area contributed by atoms with Crippen LogP contribution < -0.4 is 0 Å². The van der Waals surface area contributed by atoms with E-state index in [1.165, 1.54) is 0 Å². The van der Waals surface area contributed by atoms with Gasteiger partial charge in [-0.3, -0.25) is 0 Å². The fraction of sp³-hybridized carbons (Fsp3) is 1.00. The summed E-state index contributed by atoms with van der Waals surface area (Å²) in [7, 11) is 0. The average Bonchev–Trinajstić information content (AvgIpc) is 1.87. The van der Waals surface area contributed by atoms with E-state index in [-0.39, 0.29) is 0 Å². The highest BCUT2D eigenvalue weighted by Gasteiger charge is 2.12. The van der Waals surface area contributed by atoms with Gasteiger partial charge in [-0.25, -0.2) is 0 Å². The Bertz CT molecular complexity index is 91.6. The number of rotatable bonds is 5. The molecule has 2 unspecified atom stereocenters. The lowest BCUT2D eigenvalue weighted by molar-refractivity contribution is -0.108. The Balaban J connectivity index is 3.48. The van der Waals surface area contributed by atoms with Crippen LogP contribution >= 0.6 is 0 Å². The first-order valence-corrected chi connectivity index (χ1v) is 4.37. The minimum Gasteiger partial charge on any atom is -0.368 e. The molecular weight excluding hydrogens is 140 g/mol. The van der Waals surface area contributed by atoms with Gasteiger partial charge in [0, 0.05) is 13.0 Å². The van der Waals surface area contributed by atoms with Gasteiger partial charge in [0.05, 0.1) is 0 Å². The van der Waals surface area contributed by atoms with Gasteiger partial charge in [-0.2, -0.15) is 0 Å². The summed E-state index contributed by atoms with van der Waals surface area (Å²) in [6.07, 6.45) is 0.170. The number of aliphatic hydroxyl groups is 1. The highest BCUT2D eigenvalue weighted by molar-refractivity contribution is 4.58. The molecule has 0 rings (SSSR count). The van der Waals surface area contributed by atoms with E-state index in [9.17, 15) is 5.11 Å². The summed E-state index contributed by atoms with van der Waals surface area (Å²) in [6.45, 7) is 8.93. The standard InChI is InChI=1S/C9H20O2/c1-5-11-9(10)6-8(4)7(2)3/h7-10H,5-6H2,1-4H3. The second-order valence-electron chi connectivity index (χ2n) is 3.37. The van der Waals surface area contributed by atoms with E-state index in [1.807, 2.05) is 6.92 Å². The highest BCUT2D eigenvalue weighted by atomic mass is 16.6. The molecule has 0 bridgehead atoms. The summed E-state index contributed by atoms with van der Waals surface area (Å²) >= 11 is 0. The molecule has 0 amide bonds. The quantitative estimate of drug-likeness (QED) is 0.623. The van der Waals surface area contributed by atoms with Crippen molar-refractivity contribution >= 4 is 0 Å². The Morgan fingerprint density at radius 3 is 2.18 bits per heavy atom. The molecule has 0 aliphatic rings. The van der Waals surface area contributed by atoms with E-state index in [0.29, 0.717) is 18.4 Å². The van der Waals surface area contributed by atoms with Crippen molar-refractivity contribution in [2.45, 2.75) is 40.4 Å². The monoisotopic (exact) mass is 160 g/mol. The summed E-state index contributed by atoms with van der Waals surface area (Å²) in [6, 6.07) is 0. The van der Waals surface area contributed by atoms with Gasteiger partial charge in [-0.15, -0.1) is 0 Å². The molecule has 11 heavy (non-hydrogen) atoms. The van der Waals surface area contributed by atoms with Crippen LogP contribution in [-0.4, -0.2) is 18.0 Å². The van der Waals surface area contributed by atoms with Crippen LogP contribution in [-0.2, 0) is 4.74 Å². The summed E-state index contributed by atoms with van der Waals surface area (Å²) in [5.74, 6) is 1.14. The molecule has 2 nitrogen and oxygen atoms in total. The van der Waals surface area contributed by atoms with E-state index in [0.717, 1.165) is 6.42 Å². The zero-order valence-electron chi connectivity index (χ0n) is 8.00. The molecule has 0 fully saturated rings. The topological polar surface area (TPSA) is 29.5 Å². The number of aliphatic hydroxyl groups excluding tert-OH is 1. The Labute approximate surface area is 69.6 Å². The molecule has 68 valence electrons. The normalized spacial score (nSPS) is 16.9. The van der Waals surface area contributed by atoms with Crippen molar-refractivity contribution in [3.8, 4) is 0 Å². The van der Waals surface area contributed by atoms with E-state index in [1.54, 1.807) is 0 Å². The Hall–Kier alpha value is -0.0800. The van der Waals surface area contributed by atoms with E-state index in [2.05, 4.69) is 20.8 Å². The maximum atomic E-state index is 9.25. The molecule has 0 aliphatic heterocycles. The van der Waals surface area contributed by atoms with Crippen molar-refractivity contribution in [3.63, 3.8) is 0 Å². The van der Waals surface area contributed by atoms with Crippen molar-refractivity contribution in [1.82, 2.24) is 0 Å². The first-order chi connectivity index (χ1) is 5.07. The third-order valence-corrected chi connectivity index (χ3v) is 2.07. The van der Waals surface area contributed by atoms with Gasteiger partial charge in [-0.1, -0.05) is 20.8 Å². The highest BCUT2D eigenvalue weighted by Crippen LogP contribution is 2.16. The second kappa shape index (κ2) is 5.56. The van der Waals surface area contributed by atoms with Gasteiger partial charge in [0.2, 0.25) is 0 Å². The molecule has 0 radical (unpaired) electrons. The van der Waals surface area contributed by atoms with Crippen molar-refractivity contribution in [2.75, 3.05) is 6.61 Å². The summed E-state index contributed by atoms with van der Waals surface area (Å²) in [4.78, 5) is 0. The Morgan fingerprint density at radius 2 is 1.82 bits per heavy atom. The third-order valence-electron chi connectivity index (χ3n) is 2.07. The molecule has 0 saturated heterocycles. The smallest absolute Gasteiger partial charge is 0.154 e. The van der Waals surface area contributed by atoms with E-state index >= 15 is 0 Å². The van der Waals surface area contributed by atoms with Gasteiger partial charge in [0.15, 0.2) is 6.29 Å². The number of hydrogen-bond acceptors (Lipinski definition) is 2. The molecule has 0 aromatic rings. The van der Waals surface area contributed by atoms with Crippen LogP contribution in [0.2, 0.25) is 0 Å². The molecule has 0 aromatic heterocycles. The summed E-state index contributed by atoms with van der Waals surface area (Å²) < 4.78 is 5.02. The van der Waals surface area contributed by atoms with Crippen molar-refractivity contribution < 1.29 is 9.84 Å². The zero-order valence-corrected chi connectivity index (χ0v) is 8.00. The number of hydrogen-bond donors (Lipinski definition) is 1. The van der Waals surface area contributed by atoms with Gasteiger partial charge in [-0.05, 0) is 18.8 Å². The molecule has 0 aromatic carbocycles. The number of ether oxygens (including phenoxy) is 1.